The largest absolute Gasteiger partial charge is 0.443 e. The smallest absolute Gasteiger partial charge is 0.213 e. The Morgan fingerprint density at radius 2 is 2.04 bits per heavy atom. The molecule has 1 aromatic heterocycles. The van der Waals surface area contributed by atoms with Gasteiger partial charge in [0.1, 0.15) is 5.76 Å². The molecule has 0 aromatic carbocycles. The first-order chi connectivity index (χ1) is 11.5. The van der Waals surface area contributed by atoms with Gasteiger partial charge in [-0.15, -0.1) is 0 Å². The minimum Gasteiger partial charge on any atom is -0.443 e. The predicted octanol–water partition coefficient (Wildman–Crippen LogP) is 0.637. The zero-order valence-electron chi connectivity index (χ0n) is 15.3. The van der Waals surface area contributed by atoms with E-state index in [2.05, 4.69) is 51.2 Å². The summed E-state index contributed by atoms with van der Waals surface area (Å²) in [6, 6.07) is 0.570. The number of nitrogens with one attached hydrogen (secondary N) is 2. The zero-order valence-corrected chi connectivity index (χ0v) is 15.3. The second-order valence-corrected chi connectivity index (χ2v) is 7.67. The van der Waals surface area contributed by atoms with Crippen molar-refractivity contribution in [1.82, 2.24) is 25.4 Å². The third-order valence-corrected chi connectivity index (χ3v) is 4.82. The zero-order chi connectivity index (χ0) is 17.2. The van der Waals surface area contributed by atoms with Gasteiger partial charge in [0, 0.05) is 57.8 Å². The average Bonchev–Trinajstić information content (AvgIpc) is 3.05. The van der Waals surface area contributed by atoms with E-state index >= 15 is 0 Å². The Labute approximate surface area is 144 Å². The van der Waals surface area contributed by atoms with Crippen LogP contribution in [0.3, 0.4) is 0 Å². The fourth-order valence-corrected chi connectivity index (χ4v) is 3.25. The minimum atomic E-state index is -0.0186. The fraction of sp³-hybridized carbons (Fsp3) is 0.765. The molecule has 7 heteroatoms. The van der Waals surface area contributed by atoms with Crippen LogP contribution in [0.5, 0.6) is 0 Å². The molecule has 1 unspecified atom stereocenters. The van der Waals surface area contributed by atoms with Gasteiger partial charge in [0.15, 0.2) is 5.96 Å². The molecule has 0 radical (unpaired) electrons. The van der Waals surface area contributed by atoms with Crippen LogP contribution in [0.1, 0.15) is 32.4 Å². The van der Waals surface area contributed by atoms with Crippen LogP contribution in [-0.2, 0) is 12.0 Å². The molecule has 4 rings (SSSR count). The average molecular weight is 334 g/mol. The second-order valence-electron chi connectivity index (χ2n) is 7.67. The molecular formula is C17H30N6O. The number of rotatable bonds is 4. The van der Waals surface area contributed by atoms with Gasteiger partial charge in [0.25, 0.3) is 0 Å². The van der Waals surface area contributed by atoms with E-state index in [1.54, 1.807) is 7.05 Å². The standard InChI is InChI=1S/C17H30N6O/c1-17(2,3)14-10-19-15(24-14)11-21-16(18-4)20-9-13-12-22-5-7-23(13)8-6-22/h10,13H,5-9,11-12H2,1-4H3,(H2,18,20,21). The first kappa shape index (κ1) is 17.2. The number of hydrogen-bond donors (Lipinski definition) is 2. The molecule has 3 aliphatic heterocycles. The van der Waals surface area contributed by atoms with E-state index in [9.17, 15) is 0 Å². The molecule has 2 N–H and O–H groups in total. The highest BCUT2D eigenvalue weighted by Gasteiger charge is 2.31. The van der Waals surface area contributed by atoms with E-state index < -0.39 is 0 Å². The van der Waals surface area contributed by atoms with Crippen molar-refractivity contribution in [2.24, 2.45) is 4.99 Å². The summed E-state index contributed by atoms with van der Waals surface area (Å²) in [6.07, 6.45) is 1.81. The van der Waals surface area contributed by atoms with Gasteiger partial charge in [-0.05, 0) is 0 Å². The molecule has 3 saturated heterocycles. The Hall–Kier alpha value is -1.60. The van der Waals surface area contributed by atoms with Gasteiger partial charge in [0.05, 0.1) is 12.7 Å². The van der Waals surface area contributed by atoms with E-state index in [1.807, 2.05) is 6.20 Å². The molecule has 24 heavy (non-hydrogen) atoms. The number of piperazine rings is 3. The second kappa shape index (κ2) is 7.11. The van der Waals surface area contributed by atoms with E-state index in [4.69, 9.17) is 4.42 Å². The summed E-state index contributed by atoms with van der Waals surface area (Å²) in [5.74, 6) is 2.39. The highest BCUT2D eigenvalue weighted by atomic mass is 16.4. The highest BCUT2D eigenvalue weighted by molar-refractivity contribution is 5.79. The van der Waals surface area contributed by atoms with Gasteiger partial charge in [-0.2, -0.15) is 0 Å². The quantitative estimate of drug-likeness (QED) is 0.622. The lowest BCUT2D eigenvalue weighted by atomic mass is 9.94. The van der Waals surface area contributed by atoms with Crippen molar-refractivity contribution in [3.63, 3.8) is 0 Å². The molecule has 7 nitrogen and oxygen atoms in total. The van der Waals surface area contributed by atoms with E-state index in [0.717, 1.165) is 24.8 Å². The molecule has 0 spiro atoms. The normalized spacial score (nSPS) is 27.3. The monoisotopic (exact) mass is 334 g/mol. The molecule has 3 fully saturated rings. The molecule has 0 saturated carbocycles. The van der Waals surface area contributed by atoms with Crippen LogP contribution in [0.25, 0.3) is 0 Å². The number of hydrogen-bond acceptors (Lipinski definition) is 5. The molecule has 1 atom stereocenters. The lowest BCUT2D eigenvalue weighted by Crippen LogP contribution is -2.63. The molecule has 2 bridgehead atoms. The minimum absolute atomic E-state index is 0.0186. The SMILES string of the molecule is CN=C(NCc1ncc(C(C)(C)C)o1)NCC1CN2CCN1CC2. The maximum Gasteiger partial charge on any atom is 0.213 e. The van der Waals surface area contributed by atoms with Crippen LogP contribution in [0.4, 0.5) is 0 Å². The van der Waals surface area contributed by atoms with E-state index in [1.165, 1.54) is 26.2 Å². The van der Waals surface area contributed by atoms with Gasteiger partial charge < -0.3 is 15.1 Å². The van der Waals surface area contributed by atoms with Gasteiger partial charge in [-0.25, -0.2) is 4.98 Å². The molecule has 134 valence electrons. The lowest BCUT2D eigenvalue weighted by Gasteiger charge is -2.47. The topological polar surface area (TPSA) is 68.9 Å². The third-order valence-electron chi connectivity index (χ3n) is 4.82. The van der Waals surface area contributed by atoms with Crippen molar-refractivity contribution < 1.29 is 4.42 Å². The summed E-state index contributed by atoms with van der Waals surface area (Å²) in [6.45, 7) is 13.8. The molecular weight excluding hydrogens is 304 g/mol. The number of fused-ring (bicyclic) bond motifs is 3. The van der Waals surface area contributed by atoms with Crippen LogP contribution in [0, 0.1) is 0 Å². The van der Waals surface area contributed by atoms with Gasteiger partial charge in [0.2, 0.25) is 5.89 Å². The van der Waals surface area contributed by atoms with Crippen LogP contribution in [-0.4, -0.2) is 73.1 Å². The predicted molar refractivity (Wildman–Crippen MR) is 95.2 cm³/mol. The number of oxazole rings is 1. The molecule has 0 amide bonds. The number of nitrogens with zero attached hydrogens (tertiary/aromatic N) is 4. The van der Waals surface area contributed by atoms with Crippen molar-refractivity contribution in [2.45, 2.75) is 38.8 Å². The van der Waals surface area contributed by atoms with E-state index in [0.29, 0.717) is 18.5 Å². The van der Waals surface area contributed by atoms with Gasteiger partial charge in [-0.3, -0.25) is 14.8 Å². The van der Waals surface area contributed by atoms with Crippen molar-refractivity contribution >= 4 is 5.96 Å². The first-order valence-corrected chi connectivity index (χ1v) is 8.82. The van der Waals surface area contributed by atoms with Crippen LogP contribution < -0.4 is 10.6 Å². The Bertz CT molecular complexity index is 568. The van der Waals surface area contributed by atoms with Crippen molar-refractivity contribution in [3.05, 3.63) is 17.8 Å². The van der Waals surface area contributed by atoms with Crippen molar-refractivity contribution in [3.8, 4) is 0 Å². The van der Waals surface area contributed by atoms with Gasteiger partial charge >= 0.3 is 0 Å². The van der Waals surface area contributed by atoms with Crippen molar-refractivity contribution in [1.29, 1.82) is 0 Å². The number of aliphatic imine (C=N–C) groups is 1. The maximum atomic E-state index is 5.81. The first-order valence-electron chi connectivity index (χ1n) is 8.82. The van der Waals surface area contributed by atoms with Crippen LogP contribution in [0.2, 0.25) is 0 Å². The number of guanidine groups is 1. The molecule has 3 aliphatic rings. The Morgan fingerprint density at radius 1 is 1.29 bits per heavy atom. The Morgan fingerprint density at radius 3 is 2.58 bits per heavy atom. The summed E-state index contributed by atoms with van der Waals surface area (Å²) in [7, 11) is 1.79. The van der Waals surface area contributed by atoms with Crippen molar-refractivity contribution in [2.75, 3.05) is 46.3 Å². The summed E-state index contributed by atoms with van der Waals surface area (Å²) < 4.78 is 5.81. The van der Waals surface area contributed by atoms with Crippen LogP contribution in [0.15, 0.2) is 15.6 Å². The maximum absolute atomic E-state index is 5.81. The van der Waals surface area contributed by atoms with Gasteiger partial charge in [-0.1, -0.05) is 20.8 Å². The molecule has 0 aliphatic carbocycles. The Kier molecular flexibility index (Phi) is 5.10. The number of aromatic nitrogens is 1. The lowest BCUT2D eigenvalue weighted by molar-refractivity contribution is 0.0154. The summed E-state index contributed by atoms with van der Waals surface area (Å²) in [5, 5.41) is 6.72. The van der Waals surface area contributed by atoms with Crippen LogP contribution >= 0.6 is 0 Å². The fourth-order valence-electron chi connectivity index (χ4n) is 3.25. The molecule has 4 heterocycles. The Balaban J connectivity index is 1.46. The van der Waals surface area contributed by atoms with E-state index in [-0.39, 0.29) is 5.41 Å². The highest BCUT2D eigenvalue weighted by Crippen LogP contribution is 2.22. The summed E-state index contributed by atoms with van der Waals surface area (Å²) in [5.41, 5.74) is -0.0186. The summed E-state index contributed by atoms with van der Waals surface area (Å²) >= 11 is 0. The third kappa shape index (κ3) is 4.08. The molecule has 1 aromatic rings. The summed E-state index contributed by atoms with van der Waals surface area (Å²) in [4.78, 5) is 13.8.